The first kappa shape index (κ1) is 16.1. The van der Waals surface area contributed by atoms with Crippen LogP contribution in [0, 0.1) is 10.1 Å². The number of nitro benzene ring substituents is 1. The van der Waals surface area contributed by atoms with E-state index in [2.05, 4.69) is 0 Å². The van der Waals surface area contributed by atoms with E-state index in [1.54, 1.807) is 0 Å². The van der Waals surface area contributed by atoms with Gasteiger partial charge in [0.1, 0.15) is 0 Å². The highest BCUT2D eigenvalue weighted by molar-refractivity contribution is 5.82. The number of methoxy groups -OCH3 is 1. The summed E-state index contributed by atoms with van der Waals surface area (Å²) in [6.07, 6.45) is -3.67. The summed E-state index contributed by atoms with van der Waals surface area (Å²) in [7, 11) is 1.23. The lowest BCUT2D eigenvalue weighted by atomic mass is 9.71. The lowest BCUT2D eigenvalue weighted by Gasteiger charge is -2.43. The number of hydrogen-bond donors (Lipinski definition) is 1. The molecule has 9 heteroatoms. The van der Waals surface area contributed by atoms with Gasteiger partial charge in [-0.2, -0.15) is 13.2 Å². The summed E-state index contributed by atoms with van der Waals surface area (Å²) < 4.78 is 42.2. The Bertz CT molecular complexity index is 612. The van der Waals surface area contributed by atoms with E-state index in [1.807, 2.05) is 5.32 Å². The number of alkyl halides is 3. The van der Waals surface area contributed by atoms with Gasteiger partial charge in [-0.1, -0.05) is 0 Å². The highest BCUT2D eigenvalue weighted by atomic mass is 19.4. The molecule has 0 saturated heterocycles. The van der Waals surface area contributed by atoms with Crippen molar-refractivity contribution in [1.82, 2.24) is 5.32 Å². The number of hydrogen-bond acceptors (Lipinski definition) is 4. The maximum Gasteiger partial charge on any atom is 0.471 e. The molecule has 1 amide bonds. The van der Waals surface area contributed by atoms with Crippen molar-refractivity contribution in [1.29, 1.82) is 0 Å². The molecular weight excluding hydrogens is 305 g/mol. The Morgan fingerprint density at radius 1 is 1.41 bits per heavy atom. The van der Waals surface area contributed by atoms with E-state index in [0.717, 1.165) is 6.07 Å². The van der Waals surface area contributed by atoms with Crippen molar-refractivity contribution in [2.75, 3.05) is 7.11 Å². The number of ether oxygens (including phenoxy) is 1. The van der Waals surface area contributed by atoms with Gasteiger partial charge in [-0.15, -0.1) is 0 Å². The fourth-order valence-electron chi connectivity index (χ4n) is 2.43. The maximum atomic E-state index is 12.4. The summed E-state index contributed by atoms with van der Waals surface area (Å²) in [5.41, 5.74) is -1.09. The molecule has 1 aliphatic rings. The largest absolute Gasteiger partial charge is 0.490 e. The highest BCUT2D eigenvalue weighted by Crippen LogP contribution is 2.44. The van der Waals surface area contributed by atoms with Crippen LogP contribution < -0.4 is 10.1 Å². The van der Waals surface area contributed by atoms with Gasteiger partial charge in [-0.25, -0.2) is 0 Å². The summed E-state index contributed by atoms with van der Waals surface area (Å²) in [5.74, 6) is -2.08. The summed E-state index contributed by atoms with van der Waals surface area (Å²) in [6, 6.07) is 3.80. The molecule has 0 aliphatic heterocycles. The highest BCUT2D eigenvalue weighted by Gasteiger charge is 2.47. The van der Waals surface area contributed by atoms with E-state index >= 15 is 0 Å². The predicted octanol–water partition coefficient (Wildman–Crippen LogP) is 2.66. The Kier molecular flexibility index (Phi) is 3.99. The van der Waals surface area contributed by atoms with Crippen LogP contribution >= 0.6 is 0 Å². The number of nitrogens with zero attached hydrogens (tertiary/aromatic N) is 1. The minimum atomic E-state index is -4.98. The van der Waals surface area contributed by atoms with Gasteiger partial charge in [0.05, 0.1) is 17.6 Å². The van der Waals surface area contributed by atoms with Crippen LogP contribution in [0.25, 0.3) is 0 Å². The molecule has 1 N–H and O–H groups in total. The second-order valence-electron chi connectivity index (χ2n) is 5.03. The van der Waals surface area contributed by atoms with Crippen LogP contribution in [0.3, 0.4) is 0 Å². The molecule has 0 bridgehead atoms. The average molecular weight is 318 g/mol. The molecule has 6 nitrogen and oxygen atoms in total. The molecule has 1 aromatic rings. The third-order valence-corrected chi connectivity index (χ3v) is 3.75. The number of halogens is 3. The molecule has 1 saturated carbocycles. The molecule has 0 heterocycles. The van der Waals surface area contributed by atoms with Crippen LogP contribution in [0.1, 0.15) is 24.8 Å². The van der Waals surface area contributed by atoms with E-state index < -0.39 is 22.5 Å². The third kappa shape index (κ3) is 2.83. The van der Waals surface area contributed by atoms with E-state index in [1.165, 1.54) is 19.2 Å². The van der Waals surface area contributed by atoms with E-state index in [4.69, 9.17) is 4.74 Å². The topological polar surface area (TPSA) is 81.5 Å². The molecule has 1 aliphatic carbocycles. The first-order valence-corrected chi connectivity index (χ1v) is 6.42. The smallest absolute Gasteiger partial charge is 0.471 e. The second kappa shape index (κ2) is 5.47. The Labute approximate surface area is 123 Å². The zero-order valence-electron chi connectivity index (χ0n) is 11.6. The Morgan fingerprint density at radius 2 is 2.05 bits per heavy atom. The average Bonchev–Trinajstić information content (AvgIpc) is 2.40. The Balaban J connectivity index is 2.35. The number of amides is 1. The number of carbonyl (C=O) groups is 1. The molecule has 1 fully saturated rings. The minimum absolute atomic E-state index is 0.0602. The lowest BCUT2D eigenvalue weighted by molar-refractivity contribution is -0.385. The van der Waals surface area contributed by atoms with Crippen molar-refractivity contribution in [2.45, 2.75) is 31.0 Å². The van der Waals surface area contributed by atoms with Crippen molar-refractivity contribution < 1.29 is 27.6 Å². The Morgan fingerprint density at radius 3 is 2.45 bits per heavy atom. The van der Waals surface area contributed by atoms with Gasteiger partial charge in [-0.3, -0.25) is 14.9 Å². The summed E-state index contributed by atoms with van der Waals surface area (Å²) in [5, 5.41) is 12.8. The van der Waals surface area contributed by atoms with Crippen molar-refractivity contribution in [3.05, 3.63) is 33.9 Å². The zero-order chi connectivity index (χ0) is 16.5. The second-order valence-corrected chi connectivity index (χ2v) is 5.03. The first-order valence-electron chi connectivity index (χ1n) is 6.42. The van der Waals surface area contributed by atoms with Gasteiger partial charge in [0.25, 0.3) is 0 Å². The zero-order valence-corrected chi connectivity index (χ0v) is 11.6. The molecule has 2 rings (SSSR count). The monoisotopic (exact) mass is 318 g/mol. The summed E-state index contributed by atoms with van der Waals surface area (Å²) in [6.45, 7) is 0. The SMILES string of the molecule is COc1cc(C2(NC(=O)C(F)(F)F)CCC2)ccc1[N+](=O)[O-]. The fourth-order valence-corrected chi connectivity index (χ4v) is 2.43. The predicted molar refractivity (Wildman–Crippen MR) is 69.4 cm³/mol. The lowest BCUT2D eigenvalue weighted by Crippen LogP contribution is -2.54. The number of carbonyl (C=O) groups excluding carboxylic acids is 1. The number of nitro groups is 1. The maximum absolute atomic E-state index is 12.4. The number of rotatable bonds is 4. The van der Waals surface area contributed by atoms with E-state index in [9.17, 15) is 28.1 Å². The van der Waals surface area contributed by atoms with Gasteiger partial charge < -0.3 is 10.1 Å². The van der Waals surface area contributed by atoms with Crippen LogP contribution in [-0.2, 0) is 10.3 Å². The van der Waals surface area contributed by atoms with Gasteiger partial charge in [0.2, 0.25) is 0 Å². The molecule has 0 radical (unpaired) electrons. The first-order chi connectivity index (χ1) is 10.2. The summed E-state index contributed by atoms with van der Waals surface area (Å²) in [4.78, 5) is 21.4. The summed E-state index contributed by atoms with van der Waals surface area (Å²) >= 11 is 0. The molecule has 120 valence electrons. The van der Waals surface area contributed by atoms with Gasteiger partial charge in [-0.05, 0) is 37.0 Å². The normalized spacial score (nSPS) is 16.5. The van der Waals surface area contributed by atoms with E-state index in [-0.39, 0.29) is 11.4 Å². The molecule has 1 aromatic carbocycles. The van der Waals surface area contributed by atoms with Crippen LogP contribution in [0.5, 0.6) is 5.75 Å². The number of benzene rings is 1. The standard InChI is InChI=1S/C13H13F3N2O4/c1-22-10-7-8(3-4-9(10)18(20)21)12(5-2-6-12)17-11(19)13(14,15)16/h3-4,7H,2,5-6H2,1H3,(H,17,19). The fraction of sp³-hybridized carbons (Fsp3) is 0.462. The van der Waals surface area contributed by atoms with Gasteiger partial charge in [0, 0.05) is 6.07 Å². The van der Waals surface area contributed by atoms with Crippen molar-refractivity contribution >= 4 is 11.6 Å². The third-order valence-electron chi connectivity index (χ3n) is 3.75. The molecule has 0 aromatic heterocycles. The van der Waals surface area contributed by atoms with Gasteiger partial charge in [0.15, 0.2) is 5.75 Å². The molecule has 22 heavy (non-hydrogen) atoms. The Hall–Kier alpha value is -2.32. The van der Waals surface area contributed by atoms with Crippen LogP contribution in [0.4, 0.5) is 18.9 Å². The van der Waals surface area contributed by atoms with Crippen LogP contribution in [0.15, 0.2) is 18.2 Å². The van der Waals surface area contributed by atoms with Crippen LogP contribution in [0.2, 0.25) is 0 Å². The molecule has 0 spiro atoms. The van der Waals surface area contributed by atoms with Crippen LogP contribution in [-0.4, -0.2) is 24.1 Å². The van der Waals surface area contributed by atoms with Crippen molar-refractivity contribution in [3.63, 3.8) is 0 Å². The van der Waals surface area contributed by atoms with Gasteiger partial charge >= 0.3 is 17.8 Å². The van der Waals surface area contributed by atoms with E-state index in [0.29, 0.717) is 24.8 Å². The van der Waals surface area contributed by atoms with Crippen molar-refractivity contribution in [2.24, 2.45) is 0 Å². The molecular formula is C13H13F3N2O4. The minimum Gasteiger partial charge on any atom is -0.490 e. The van der Waals surface area contributed by atoms with Crippen molar-refractivity contribution in [3.8, 4) is 5.75 Å². The molecule has 0 unspecified atom stereocenters. The number of nitrogens with one attached hydrogen (secondary N) is 1. The molecule has 0 atom stereocenters. The quantitative estimate of drug-likeness (QED) is 0.683.